The number of carbonyl (C=O) groups is 1. The van der Waals surface area contributed by atoms with Crippen molar-refractivity contribution >= 4 is 17.7 Å². The molecule has 1 aliphatic rings. The van der Waals surface area contributed by atoms with Crippen LogP contribution in [0.5, 0.6) is 0 Å². The first-order valence-electron chi connectivity index (χ1n) is 6.02. The van der Waals surface area contributed by atoms with E-state index in [0.29, 0.717) is 18.0 Å². The van der Waals surface area contributed by atoms with E-state index in [1.807, 2.05) is 25.6 Å². The molecule has 1 fully saturated rings. The van der Waals surface area contributed by atoms with Crippen LogP contribution in [0, 0.1) is 5.41 Å². The fourth-order valence-electron chi connectivity index (χ4n) is 1.86. The van der Waals surface area contributed by atoms with Crippen LogP contribution < -0.4 is 10.6 Å². The van der Waals surface area contributed by atoms with E-state index in [0.717, 1.165) is 5.75 Å². The first-order valence-corrected chi connectivity index (χ1v) is 7.18. The minimum Gasteiger partial charge on any atom is -0.353 e. The fraction of sp³-hybridized carbons (Fsp3) is 0.917. The Balaban J connectivity index is 2.33. The van der Waals surface area contributed by atoms with Gasteiger partial charge in [0.05, 0.1) is 6.54 Å². The predicted octanol–water partition coefficient (Wildman–Crippen LogP) is 1.63. The monoisotopic (exact) mass is 244 g/mol. The molecule has 0 aromatic rings. The van der Waals surface area contributed by atoms with E-state index in [2.05, 4.69) is 24.5 Å². The Morgan fingerprint density at radius 2 is 2.19 bits per heavy atom. The summed E-state index contributed by atoms with van der Waals surface area (Å²) >= 11 is 1.98. The van der Waals surface area contributed by atoms with Gasteiger partial charge in [0.25, 0.3) is 0 Å². The largest absolute Gasteiger partial charge is 0.353 e. The van der Waals surface area contributed by atoms with Gasteiger partial charge in [-0.3, -0.25) is 4.79 Å². The summed E-state index contributed by atoms with van der Waals surface area (Å²) < 4.78 is 0. The molecule has 1 unspecified atom stereocenters. The molecule has 0 saturated carbocycles. The number of carbonyl (C=O) groups excluding carboxylic acids is 1. The number of rotatable bonds is 4. The average molecular weight is 244 g/mol. The lowest BCUT2D eigenvalue weighted by Crippen LogP contribution is -2.50. The molecule has 1 heterocycles. The molecule has 1 saturated heterocycles. The van der Waals surface area contributed by atoms with Gasteiger partial charge in [0.1, 0.15) is 0 Å². The Labute approximate surface area is 103 Å². The number of hydrogen-bond acceptors (Lipinski definition) is 3. The molecular formula is C12H24N2OS. The van der Waals surface area contributed by atoms with Gasteiger partial charge in [-0.15, -0.1) is 0 Å². The number of amides is 1. The summed E-state index contributed by atoms with van der Waals surface area (Å²) in [7, 11) is 0. The van der Waals surface area contributed by atoms with Gasteiger partial charge in [0, 0.05) is 17.8 Å². The fourth-order valence-corrected chi connectivity index (χ4v) is 3.50. The molecule has 3 nitrogen and oxygen atoms in total. The van der Waals surface area contributed by atoms with Gasteiger partial charge in [0.2, 0.25) is 5.91 Å². The van der Waals surface area contributed by atoms with Crippen LogP contribution in [0.25, 0.3) is 0 Å². The third-order valence-electron chi connectivity index (χ3n) is 3.08. The Bertz CT molecular complexity index is 241. The highest BCUT2D eigenvalue weighted by Crippen LogP contribution is 2.33. The third kappa shape index (κ3) is 4.34. The zero-order chi connectivity index (χ0) is 12.2. The standard InChI is InChI=1S/C12H24N2OS/c1-9(2)14-11(15)7-13-10-8-16-6-5-12(10,3)4/h9-10,13H,5-8H2,1-4H3,(H,14,15). The van der Waals surface area contributed by atoms with Crippen molar-refractivity contribution in [3.05, 3.63) is 0 Å². The van der Waals surface area contributed by atoms with Crippen molar-refractivity contribution in [3.8, 4) is 0 Å². The van der Waals surface area contributed by atoms with Crippen molar-refractivity contribution < 1.29 is 4.79 Å². The van der Waals surface area contributed by atoms with E-state index in [-0.39, 0.29) is 11.9 Å². The van der Waals surface area contributed by atoms with Gasteiger partial charge in [-0.05, 0) is 31.4 Å². The normalized spacial score (nSPS) is 24.4. The zero-order valence-electron chi connectivity index (χ0n) is 10.8. The van der Waals surface area contributed by atoms with Crippen LogP contribution in [0.15, 0.2) is 0 Å². The summed E-state index contributed by atoms with van der Waals surface area (Å²) in [4.78, 5) is 11.5. The SMILES string of the molecule is CC(C)NC(=O)CNC1CSCCC1(C)C. The predicted molar refractivity (Wildman–Crippen MR) is 70.8 cm³/mol. The summed E-state index contributed by atoms with van der Waals surface area (Å²) in [5.74, 6) is 2.45. The lowest BCUT2D eigenvalue weighted by Gasteiger charge is -2.38. The second-order valence-electron chi connectivity index (χ2n) is 5.47. The van der Waals surface area contributed by atoms with Crippen molar-refractivity contribution in [2.75, 3.05) is 18.1 Å². The van der Waals surface area contributed by atoms with Crippen molar-refractivity contribution in [2.24, 2.45) is 5.41 Å². The average Bonchev–Trinajstić information content (AvgIpc) is 2.14. The Hall–Kier alpha value is -0.220. The quantitative estimate of drug-likeness (QED) is 0.790. The van der Waals surface area contributed by atoms with Crippen LogP contribution in [0.3, 0.4) is 0 Å². The van der Waals surface area contributed by atoms with E-state index in [1.54, 1.807) is 0 Å². The maximum atomic E-state index is 11.5. The molecule has 0 bridgehead atoms. The Kier molecular flexibility index (Phi) is 5.12. The molecule has 0 aromatic carbocycles. The van der Waals surface area contributed by atoms with Gasteiger partial charge >= 0.3 is 0 Å². The summed E-state index contributed by atoms with van der Waals surface area (Å²) in [5.41, 5.74) is 0.309. The van der Waals surface area contributed by atoms with Gasteiger partial charge in [-0.25, -0.2) is 0 Å². The summed E-state index contributed by atoms with van der Waals surface area (Å²) in [6, 6.07) is 0.673. The molecule has 0 spiro atoms. The minimum atomic E-state index is 0.0985. The Morgan fingerprint density at radius 1 is 1.50 bits per heavy atom. The highest BCUT2D eigenvalue weighted by molar-refractivity contribution is 7.99. The maximum Gasteiger partial charge on any atom is 0.234 e. The van der Waals surface area contributed by atoms with Gasteiger partial charge in [-0.2, -0.15) is 11.8 Å². The van der Waals surface area contributed by atoms with Crippen molar-refractivity contribution in [1.29, 1.82) is 0 Å². The minimum absolute atomic E-state index is 0.0985. The van der Waals surface area contributed by atoms with Gasteiger partial charge in [-0.1, -0.05) is 13.8 Å². The molecule has 16 heavy (non-hydrogen) atoms. The molecule has 4 heteroatoms. The van der Waals surface area contributed by atoms with Crippen molar-refractivity contribution in [3.63, 3.8) is 0 Å². The second kappa shape index (κ2) is 5.92. The molecule has 0 radical (unpaired) electrons. The van der Waals surface area contributed by atoms with Crippen LogP contribution in [0.1, 0.15) is 34.1 Å². The third-order valence-corrected chi connectivity index (χ3v) is 4.14. The van der Waals surface area contributed by atoms with Crippen molar-refractivity contribution in [2.45, 2.75) is 46.2 Å². The number of nitrogens with one attached hydrogen (secondary N) is 2. The van der Waals surface area contributed by atoms with Crippen LogP contribution >= 0.6 is 11.8 Å². The summed E-state index contributed by atoms with van der Waals surface area (Å²) in [6.45, 7) is 8.97. The van der Waals surface area contributed by atoms with E-state index < -0.39 is 0 Å². The molecular weight excluding hydrogens is 220 g/mol. The smallest absolute Gasteiger partial charge is 0.234 e. The molecule has 1 rings (SSSR count). The molecule has 2 N–H and O–H groups in total. The van der Waals surface area contributed by atoms with Crippen LogP contribution in [-0.4, -0.2) is 36.0 Å². The first kappa shape index (κ1) is 13.8. The molecule has 0 aromatic heterocycles. The number of thioether (sulfide) groups is 1. The molecule has 1 amide bonds. The highest BCUT2D eigenvalue weighted by atomic mass is 32.2. The van der Waals surface area contributed by atoms with E-state index in [4.69, 9.17) is 0 Å². The highest BCUT2D eigenvalue weighted by Gasteiger charge is 2.32. The van der Waals surface area contributed by atoms with E-state index >= 15 is 0 Å². The van der Waals surface area contributed by atoms with Gasteiger partial charge in [0.15, 0.2) is 0 Å². The summed E-state index contributed by atoms with van der Waals surface area (Å²) in [6.07, 6.45) is 1.22. The first-order chi connectivity index (χ1) is 7.42. The summed E-state index contributed by atoms with van der Waals surface area (Å²) in [5, 5.41) is 6.29. The Morgan fingerprint density at radius 3 is 2.75 bits per heavy atom. The topological polar surface area (TPSA) is 41.1 Å². The lowest BCUT2D eigenvalue weighted by molar-refractivity contribution is -0.120. The van der Waals surface area contributed by atoms with E-state index in [1.165, 1.54) is 12.2 Å². The second-order valence-corrected chi connectivity index (χ2v) is 6.62. The molecule has 1 atom stereocenters. The van der Waals surface area contributed by atoms with Gasteiger partial charge < -0.3 is 10.6 Å². The lowest BCUT2D eigenvalue weighted by atomic mass is 9.82. The van der Waals surface area contributed by atoms with E-state index in [9.17, 15) is 4.79 Å². The zero-order valence-corrected chi connectivity index (χ0v) is 11.6. The van der Waals surface area contributed by atoms with Crippen molar-refractivity contribution in [1.82, 2.24) is 10.6 Å². The molecule has 94 valence electrons. The van der Waals surface area contributed by atoms with Crippen LogP contribution in [0.4, 0.5) is 0 Å². The molecule has 0 aliphatic carbocycles. The van der Waals surface area contributed by atoms with Crippen LogP contribution in [-0.2, 0) is 4.79 Å². The number of hydrogen-bond donors (Lipinski definition) is 2. The van der Waals surface area contributed by atoms with Crippen LogP contribution in [0.2, 0.25) is 0 Å². The molecule has 1 aliphatic heterocycles. The maximum absolute atomic E-state index is 11.5.